The predicted octanol–water partition coefficient (Wildman–Crippen LogP) is 4.34. The summed E-state index contributed by atoms with van der Waals surface area (Å²) < 4.78 is 11.3. The van der Waals surface area contributed by atoms with Crippen molar-refractivity contribution in [2.75, 3.05) is 26.8 Å². The molecule has 0 bridgehead atoms. The number of aryl methyl sites for hydroxylation is 2. The van der Waals surface area contributed by atoms with E-state index in [4.69, 9.17) is 9.47 Å². The van der Waals surface area contributed by atoms with Crippen LogP contribution in [-0.2, 0) is 25.8 Å². The average Bonchev–Trinajstić information content (AvgIpc) is 3.25. The lowest BCUT2D eigenvalue weighted by molar-refractivity contribution is 0.0637. The van der Waals surface area contributed by atoms with E-state index in [9.17, 15) is 5.11 Å². The molecule has 30 heavy (non-hydrogen) atoms. The number of nitrogens with zero attached hydrogens (tertiary/aromatic N) is 1. The predicted molar refractivity (Wildman–Crippen MR) is 122 cm³/mol. The second-order valence-corrected chi connectivity index (χ2v) is 8.78. The molecule has 2 heterocycles. The Labute approximate surface area is 182 Å². The van der Waals surface area contributed by atoms with Crippen molar-refractivity contribution >= 4 is 11.3 Å². The number of rotatable bonds is 9. The number of hydrogen-bond acceptors (Lipinski definition) is 5. The van der Waals surface area contributed by atoms with Gasteiger partial charge in [-0.2, -0.15) is 0 Å². The molecule has 1 aromatic heterocycles. The van der Waals surface area contributed by atoms with Crippen LogP contribution in [-0.4, -0.2) is 42.9 Å². The highest BCUT2D eigenvalue weighted by Crippen LogP contribution is 2.25. The number of ether oxygens (including phenoxy) is 2. The van der Waals surface area contributed by atoms with E-state index in [-0.39, 0.29) is 0 Å². The van der Waals surface area contributed by atoms with Gasteiger partial charge in [-0.15, -0.1) is 11.3 Å². The Morgan fingerprint density at radius 1 is 1.10 bits per heavy atom. The van der Waals surface area contributed by atoms with Gasteiger partial charge in [0.05, 0.1) is 7.11 Å². The van der Waals surface area contributed by atoms with Crippen LogP contribution in [0.1, 0.15) is 21.6 Å². The summed E-state index contributed by atoms with van der Waals surface area (Å²) in [6.45, 7) is 2.87. The molecular weight excluding hydrogens is 394 g/mol. The van der Waals surface area contributed by atoms with Crippen molar-refractivity contribution in [1.29, 1.82) is 0 Å². The normalized spacial score (nSPS) is 14.9. The first-order valence-electron chi connectivity index (χ1n) is 10.5. The van der Waals surface area contributed by atoms with Gasteiger partial charge in [0.15, 0.2) is 0 Å². The minimum atomic E-state index is -0.503. The maximum atomic E-state index is 10.5. The molecule has 1 aliphatic rings. The number of aliphatic hydroxyl groups excluding tert-OH is 1. The minimum absolute atomic E-state index is 0.309. The molecule has 1 N–H and O–H groups in total. The average molecular weight is 424 g/mol. The van der Waals surface area contributed by atoms with E-state index in [1.165, 1.54) is 16.0 Å². The zero-order valence-electron chi connectivity index (χ0n) is 17.4. The van der Waals surface area contributed by atoms with Crippen LogP contribution in [0.4, 0.5) is 0 Å². The monoisotopic (exact) mass is 423 g/mol. The summed E-state index contributed by atoms with van der Waals surface area (Å²) in [5, 5.41) is 12.7. The highest BCUT2D eigenvalue weighted by Gasteiger charge is 2.20. The second kappa shape index (κ2) is 10.1. The largest absolute Gasteiger partial charge is 0.497 e. The molecule has 2 aromatic carbocycles. The van der Waals surface area contributed by atoms with Gasteiger partial charge in [-0.3, -0.25) is 4.90 Å². The molecule has 0 saturated heterocycles. The highest BCUT2D eigenvalue weighted by atomic mass is 32.1. The lowest BCUT2D eigenvalue weighted by Crippen LogP contribution is -2.38. The highest BCUT2D eigenvalue weighted by molar-refractivity contribution is 7.10. The topological polar surface area (TPSA) is 41.9 Å². The van der Waals surface area contributed by atoms with Crippen LogP contribution >= 0.6 is 11.3 Å². The summed E-state index contributed by atoms with van der Waals surface area (Å²) in [6, 6.07) is 18.5. The Bertz CT molecular complexity index is 955. The Kier molecular flexibility index (Phi) is 7.05. The molecule has 4 rings (SSSR count). The van der Waals surface area contributed by atoms with Crippen molar-refractivity contribution in [2.45, 2.75) is 31.9 Å². The quantitative estimate of drug-likeness (QED) is 0.556. The van der Waals surface area contributed by atoms with Crippen LogP contribution in [0.25, 0.3) is 0 Å². The fourth-order valence-electron chi connectivity index (χ4n) is 3.96. The first-order chi connectivity index (χ1) is 14.7. The molecule has 3 aromatic rings. The summed E-state index contributed by atoms with van der Waals surface area (Å²) in [7, 11) is 1.69. The maximum absolute atomic E-state index is 10.5. The molecule has 0 amide bonds. The zero-order valence-corrected chi connectivity index (χ0v) is 18.2. The Morgan fingerprint density at radius 3 is 2.90 bits per heavy atom. The standard InChI is InChI=1S/C25H29NO3S/c1-28-23-7-4-5-19(15-23)9-10-20-6-2-3-8-24(20)29-18-22(27)17-26-13-11-25-21(16-26)12-14-30-25/h2-8,12,14-15,22,27H,9-11,13,16-18H2,1H3. The van der Waals surface area contributed by atoms with E-state index in [1.807, 2.05) is 41.7 Å². The van der Waals surface area contributed by atoms with Gasteiger partial charge in [-0.05, 0) is 65.6 Å². The number of methoxy groups -OCH3 is 1. The molecule has 5 heteroatoms. The second-order valence-electron chi connectivity index (χ2n) is 7.78. The van der Waals surface area contributed by atoms with Crippen LogP contribution in [0.2, 0.25) is 0 Å². The molecule has 0 radical (unpaired) electrons. The van der Waals surface area contributed by atoms with Gasteiger partial charge in [0, 0.05) is 24.5 Å². The molecule has 1 atom stereocenters. The van der Waals surface area contributed by atoms with Gasteiger partial charge < -0.3 is 14.6 Å². The smallest absolute Gasteiger partial charge is 0.122 e. The van der Waals surface area contributed by atoms with Crippen LogP contribution < -0.4 is 9.47 Å². The number of aliphatic hydroxyl groups is 1. The van der Waals surface area contributed by atoms with Crippen molar-refractivity contribution in [3.63, 3.8) is 0 Å². The molecule has 0 saturated carbocycles. The van der Waals surface area contributed by atoms with E-state index < -0.39 is 6.10 Å². The summed E-state index contributed by atoms with van der Waals surface area (Å²) in [5.41, 5.74) is 3.80. The van der Waals surface area contributed by atoms with Gasteiger partial charge in [0.2, 0.25) is 0 Å². The molecule has 1 aliphatic heterocycles. The third-order valence-corrected chi connectivity index (χ3v) is 6.60. The number of fused-ring (bicyclic) bond motifs is 1. The van der Waals surface area contributed by atoms with Crippen molar-refractivity contribution in [3.8, 4) is 11.5 Å². The molecular formula is C25H29NO3S. The minimum Gasteiger partial charge on any atom is -0.497 e. The van der Waals surface area contributed by atoms with Gasteiger partial charge in [0.1, 0.15) is 24.2 Å². The fraction of sp³-hybridized carbons (Fsp3) is 0.360. The summed E-state index contributed by atoms with van der Waals surface area (Å²) >= 11 is 1.84. The molecule has 4 nitrogen and oxygen atoms in total. The summed E-state index contributed by atoms with van der Waals surface area (Å²) in [5.74, 6) is 1.74. The molecule has 0 fully saturated rings. The van der Waals surface area contributed by atoms with Gasteiger partial charge in [-0.25, -0.2) is 0 Å². The van der Waals surface area contributed by atoms with E-state index in [2.05, 4.69) is 34.5 Å². The first kappa shape index (κ1) is 20.9. The molecule has 1 unspecified atom stereocenters. The molecule has 0 spiro atoms. The maximum Gasteiger partial charge on any atom is 0.122 e. The van der Waals surface area contributed by atoms with E-state index >= 15 is 0 Å². The first-order valence-corrected chi connectivity index (χ1v) is 11.4. The SMILES string of the molecule is COc1cccc(CCc2ccccc2OCC(O)CN2CCc3sccc3C2)c1. The Hall–Kier alpha value is -2.34. The lowest BCUT2D eigenvalue weighted by Gasteiger charge is -2.28. The third kappa shape index (κ3) is 5.42. The Balaban J connectivity index is 1.29. The summed E-state index contributed by atoms with van der Waals surface area (Å²) in [4.78, 5) is 3.81. The molecule has 0 aliphatic carbocycles. The van der Waals surface area contributed by atoms with Gasteiger partial charge in [-0.1, -0.05) is 30.3 Å². The van der Waals surface area contributed by atoms with Gasteiger partial charge in [0.25, 0.3) is 0 Å². The number of benzene rings is 2. The summed E-state index contributed by atoms with van der Waals surface area (Å²) in [6.07, 6.45) is 2.37. The van der Waals surface area contributed by atoms with Crippen molar-refractivity contribution < 1.29 is 14.6 Å². The number of β-amino-alcohol motifs (C(OH)–C–C–N with tert-alkyl or cyclic N) is 1. The van der Waals surface area contributed by atoms with Crippen molar-refractivity contribution in [2.24, 2.45) is 0 Å². The van der Waals surface area contributed by atoms with Crippen LogP contribution in [0.5, 0.6) is 11.5 Å². The van der Waals surface area contributed by atoms with Crippen LogP contribution in [0.15, 0.2) is 60.0 Å². The van der Waals surface area contributed by atoms with E-state index in [0.717, 1.165) is 49.4 Å². The zero-order chi connectivity index (χ0) is 20.8. The van der Waals surface area contributed by atoms with Crippen LogP contribution in [0, 0.1) is 0 Å². The van der Waals surface area contributed by atoms with Gasteiger partial charge >= 0.3 is 0 Å². The van der Waals surface area contributed by atoms with E-state index in [0.29, 0.717) is 13.2 Å². The van der Waals surface area contributed by atoms with Crippen molar-refractivity contribution in [1.82, 2.24) is 4.90 Å². The molecule has 158 valence electrons. The van der Waals surface area contributed by atoms with E-state index in [1.54, 1.807) is 7.11 Å². The van der Waals surface area contributed by atoms with Crippen molar-refractivity contribution in [3.05, 3.63) is 81.5 Å². The lowest BCUT2D eigenvalue weighted by atomic mass is 10.0. The fourth-order valence-corrected chi connectivity index (χ4v) is 4.85. The Morgan fingerprint density at radius 2 is 2.00 bits per heavy atom. The number of hydrogen-bond donors (Lipinski definition) is 1. The number of para-hydroxylation sites is 1. The third-order valence-electron chi connectivity index (χ3n) is 5.58. The van der Waals surface area contributed by atoms with Crippen LogP contribution in [0.3, 0.4) is 0 Å². The number of thiophene rings is 1.